The molecule has 0 bridgehead atoms. The molecule has 0 spiro atoms. The average Bonchev–Trinajstić information content (AvgIpc) is 3.74. The fourth-order valence-corrected chi connectivity index (χ4v) is 7.47. The zero-order chi connectivity index (χ0) is 34.6. The van der Waals surface area contributed by atoms with Crippen molar-refractivity contribution in [3.8, 4) is 51.6 Å². The number of nitriles is 1. The second-order valence-corrected chi connectivity index (χ2v) is 12.8. The Morgan fingerprint density at radius 3 is 1.67 bits per heavy atom. The maximum atomic E-state index is 10.0. The van der Waals surface area contributed by atoms with Crippen LogP contribution in [0.2, 0.25) is 0 Å². The van der Waals surface area contributed by atoms with E-state index in [1.807, 2.05) is 84.9 Å². The molecular weight excluding hydrogens is 637 g/mol. The highest BCUT2D eigenvalue weighted by Gasteiger charge is 2.22. The van der Waals surface area contributed by atoms with Gasteiger partial charge in [0.05, 0.1) is 33.7 Å². The number of benzene rings is 7. The highest BCUT2D eigenvalue weighted by Crippen LogP contribution is 2.42. The van der Waals surface area contributed by atoms with Crippen molar-refractivity contribution in [3.05, 3.63) is 175 Å². The molecule has 52 heavy (non-hydrogen) atoms. The molecule has 0 saturated heterocycles. The summed E-state index contributed by atoms with van der Waals surface area (Å²) in [5.74, 6) is 1.81. The summed E-state index contributed by atoms with van der Waals surface area (Å²) >= 11 is 0. The van der Waals surface area contributed by atoms with Crippen molar-refractivity contribution in [2.24, 2.45) is 0 Å². The highest BCUT2D eigenvalue weighted by atomic mass is 15.0. The summed E-state index contributed by atoms with van der Waals surface area (Å²) in [7, 11) is 0. The van der Waals surface area contributed by atoms with Gasteiger partial charge >= 0.3 is 0 Å². The zero-order valence-electron chi connectivity index (χ0n) is 27.8. The lowest BCUT2D eigenvalue weighted by molar-refractivity contribution is 1.07. The van der Waals surface area contributed by atoms with Crippen LogP contribution >= 0.6 is 0 Å². The van der Waals surface area contributed by atoms with Gasteiger partial charge in [-0.1, -0.05) is 121 Å². The van der Waals surface area contributed by atoms with Crippen molar-refractivity contribution in [1.29, 1.82) is 5.26 Å². The quantitative estimate of drug-likeness (QED) is 0.184. The van der Waals surface area contributed by atoms with Gasteiger partial charge in [0.25, 0.3) is 0 Å². The largest absolute Gasteiger partial charge is 0.309 e. The summed E-state index contributed by atoms with van der Waals surface area (Å²) in [5, 5.41) is 14.5. The summed E-state index contributed by atoms with van der Waals surface area (Å²) in [6.45, 7) is 0. The first-order valence-electron chi connectivity index (χ1n) is 17.2. The Hall–Kier alpha value is -7.36. The molecule has 0 N–H and O–H groups in total. The third-order valence-electron chi connectivity index (χ3n) is 9.77. The molecule has 0 aliphatic carbocycles. The van der Waals surface area contributed by atoms with Crippen LogP contribution in [0.15, 0.2) is 170 Å². The first kappa shape index (κ1) is 29.5. The first-order valence-corrected chi connectivity index (χ1v) is 17.2. The Kier molecular flexibility index (Phi) is 6.76. The number of nitrogens with zero attached hydrogens (tertiary/aromatic N) is 6. The van der Waals surface area contributed by atoms with Crippen molar-refractivity contribution < 1.29 is 0 Å². The second kappa shape index (κ2) is 11.9. The van der Waals surface area contributed by atoms with Crippen molar-refractivity contribution in [2.75, 3.05) is 0 Å². The van der Waals surface area contributed by atoms with Gasteiger partial charge < -0.3 is 9.13 Å². The van der Waals surface area contributed by atoms with Gasteiger partial charge in [0.1, 0.15) is 0 Å². The van der Waals surface area contributed by atoms with Crippen LogP contribution in [0.25, 0.3) is 89.2 Å². The molecule has 0 amide bonds. The minimum atomic E-state index is 0.582. The molecule has 6 heteroatoms. The van der Waals surface area contributed by atoms with E-state index in [1.54, 1.807) is 0 Å². The molecule has 0 aliphatic rings. The fourth-order valence-electron chi connectivity index (χ4n) is 7.47. The van der Waals surface area contributed by atoms with Crippen LogP contribution in [-0.4, -0.2) is 24.1 Å². The zero-order valence-corrected chi connectivity index (χ0v) is 27.8. The number of fused-ring (bicyclic) bond motifs is 7. The molecular formula is C46H28N6. The van der Waals surface area contributed by atoms with Crippen LogP contribution in [0.3, 0.4) is 0 Å². The monoisotopic (exact) mass is 664 g/mol. The topological polar surface area (TPSA) is 72.3 Å². The molecule has 242 valence electrons. The van der Waals surface area contributed by atoms with Crippen LogP contribution in [0.5, 0.6) is 0 Å². The minimum absolute atomic E-state index is 0.582. The molecule has 0 aliphatic heterocycles. The van der Waals surface area contributed by atoms with Gasteiger partial charge in [0.2, 0.25) is 0 Å². The maximum absolute atomic E-state index is 10.0. The molecule has 0 radical (unpaired) electrons. The van der Waals surface area contributed by atoms with E-state index in [1.165, 1.54) is 0 Å². The summed E-state index contributed by atoms with van der Waals surface area (Å²) in [4.78, 5) is 15.0. The SMILES string of the molecule is N#Cc1ccc2c3ccc4c(c5ccccc5n4-c4ccccc4)c3n(-c3cccc(-c4nc(-c5ccccc5)nc(-c5ccccc5)n4)c3)c2c1. The van der Waals surface area contributed by atoms with Crippen LogP contribution in [0.1, 0.15) is 5.56 Å². The summed E-state index contributed by atoms with van der Waals surface area (Å²) in [6, 6.07) is 60.3. The van der Waals surface area contributed by atoms with E-state index in [9.17, 15) is 5.26 Å². The van der Waals surface area contributed by atoms with Gasteiger partial charge in [-0.05, 0) is 48.5 Å². The predicted molar refractivity (Wildman–Crippen MR) is 210 cm³/mol. The molecule has 10 rings (SSSR count). The Morgan fingerprint density at radius 2 is 0.981 bits per heavy atom. The third-order valence-corrected chi connectivity index (χ3v) is 9.77. The molecule has 6 nitrogen and oxygen atoms in total. The summed E-state index contributed by atoms with van der Waals surface area (Å²) in [5.41, 5.74) is 9.63. The fraction of sp³-hybridized carbons (Fsp3) is 0. The van der Waals surface area contributed by atoms with Crippen molar-refractivity contribution >= 4 is 43.6 Å². The maximum Gasteiger partial charge on any atom is 0.164 e. The summed E-state index contributed by atoms with van der Waals surface area (Å²) in [6.07, 6.45) is 0. The lowest BCUT2D eigenvalue weighted by Gasteiger charge is -2.12. The minimum Gasteiger partial charge on any atom is -0.309 e. The lowest BCUT2D eigenvalue weighted by Crippen LogP contribution is -2.01. The molecule has 3 heterocycles. The van der Waals surface area contributed by atoms with Crippen LogP contribution in [0.4, 0.5) is 0 Å². The van der Waals surface area contributed by atoms with Gasteiger partial charge in [-0.15, -0.1) is 0 Å². The molecule has 0 fully saturated rings. The van der Waals surface area contributed by atoms with E-state index >= 15 is 0 Å². The van der Waals surface area contributed by atoms with Crippen molar-refractivity contribution in [2.45, 2.75) is 0 Å². The van der Waals surface area contributed by atoms with Crippen LogP contribution in [0, 0.1) is 11.3 Å². The molecule has 0 unspecified atom stereocenters. The van der Waals surface area contributed by atoms with Crippen molar-refractivity contribution in [3.63, 3.8) is 0 Å². The normalized spacial score (nSPS) is 11.4. The van der Waals surface area contributed by atoms with Gasteiger partial charge in [0.15, 0.2) is 17.5 Å². The van der Waals surface area contributed by atoms with Gasteiger partial charge in [-0.25, -0.2) is 15.0 Å². The molecule has 0 saturated carbocycles. The number of hydrogen-bond donors (Lipinski definition) is 0. The number of rotatable bonds is 5. The van der Waals surface area contributed by atoms with E-state index in [0.29, 0.717) is 23.0 Å². The Bertz CT molecular complexity index is 2950. The second-order valence-electron chi connectivity index (χ2n) is 12.8. The molecule has 3 aromatic heterocycles. The van der Waals surface area contributed by atoms with Gasteiger partial charge in [-0.2, -0.15) is 5.26 Å². The molecule has 0 atom stereocenters. The number of hydrogen-bond acceptors (Lipinski definition) is 4. The Morgan fingerprint density at radius 1 is 0.404 bits per heavy atom. The van der Waals surface area contributed by atoms with Gasteiger partial charge in [0, 0.05) is 49.6 Å². The highest BCUT2D eigenvalue weighted by molar-refractivity contribution is 6.26. The lowest BCUT2D eigenvalue weighted by atomic mass is 10.1. The average molecular weight is 665 g/mol. The van der Waals surface area contributed by atoms with E-state index < -0.39 is 0 Å². The smallest absolute Gasteiger partial charge is 0.164 e. The van der Waals surface area contributed by atoms with Gasteiger partial charge in [-0.3, -0.25) is 0 Å². The Balaban J connectivity index is 1.27. The van der Waals surface area contributed by atoms with E-state index in [2.05, 4.69) is 100 Å². The molecule has 7 aromatic carbocycles. The van der Waals surface area contributed by atoms with Crippen molar-refractivity contribution in [1.82, 2.24) is 24.1 Å². The Labute approximate surface area is 299 Å². The third kappa shape index (κ3) is 4.68. The first-order chi connectivity index (χ1) is 25.7. The number of para-hydroxylation sites is 2. The van der Waals surface area contributed by atoms with E-state index in [4.69, 9.17) is 15.0 Å². The van der Waals surface area contributed by atoms with Crippen LogP contribution < -0.4 is 0 Å². The predicted octanol–water partition coefficient (Wildman–Crippen LogP) is 10.9. The van der Waals surface area contributed by atoms with Crippen LogP contribution in [-0.2, 0) is 0 Å². The number of aromatic nitrogens is 5. The van der Waals surface area contributed by atoms with E-state index in [-0.39, 0.29) is 0 Å². The van der Waals surface area contributed by atoms with E-state index in [0.717, 1.165) is 71.7 Å². The molecule has 10 aromatic rings. The standard InChI is InChI=1S/C46H28N6/c47-29-30-23-24-36-37-25-26-40-42(38-21-10-11-22-39(38)51(40)34-18-8-3-9-19-34)43(37)52(41(36)27-30)35-20-12-17-33(28-35)46-49-44(31-13-4-1-5-14-31)48-45(50-46)32-15-6-2-7-16-32/h1-28H. The summed E-state index contributed by atoms with van der Waals surface area (Å²) < 4.78 is 4.64.